The van der Waals surface area contributed by atoms with E-state index in [9.17, 15) is 4.79 Å². The Hall–Kier alpha value is -1.91. The lowest BCUT2D eigenvalue weighted by molar-refractivity contribution is 0.0925. The third kappa shape index (κ3) is 4.02. The number of ether oxygens (including phenoxy) is 2. The van der Waals surface area contributed by atoms with Crippen LogP contribution in [0.15, 0.2) is 36.4 Å². The maximum absolute atomic E-state index is 12.6. The van der Waals surface area contributed by atoms with Crippen LogP contribution in [0.2, 0.25) is 10.0 Å². The molecule has 4 nitrogen and oxygen atoms in total. The summed E-state index contributed by atoms with van der Waals surface area (Å²) in [4.78, 5) is 12.6. The van der Waals surface area contributed by atoms with Crippen LogP contribution in [0.4, 0.5) is 0 Å². The number of carbonyl (C=O) groups excluding carboxylic acids is 1. The highest BCUT2D eigenvalue weighted by Crippen LogP contribution is 2.34. The van der Waals surface area contributed by atoms with Crippen molar-refractivity contribution in [1.29, 1.82) is 0 Å². The van der Waals surface area contributed by atoms with E-state index in [4.69, 9.17) is 32.7 Å². The summed E-state index contributed by atoms with van der Waals surface area (Å²) < 4.78 is 11.2. The molecule has 1 aliphatic heterocycles. The third-order valence-electron chi connectivity index (χ3n) is 4.06. The normalized spacial score (nSPS) is 14.3. The molecule has 6 heteroatoms. The van der Waals surface area contributed by atoms with E-state index in [0.29, 0.717) is 34.6 Å². The van der Waals surface area contributed by atoms with E-state index < -0.39 is 0 Å². The molecule has 1 aliphatic rings. The topological polar surface area (TPSA) is 47.6 Å². The van der Waals surface area contributed by atoms with Gasteiger partial charge in [0, 0.05) is 5.56 Å². The molecule has 1 heterocycles. The van der Waals surface area contributed by atoms with Gasteiger partial charge in [-0.2, -0.15) is 0 Å². The van der Waals surface area contributed by atoms with E-state index in [1.165, 1.54) is 0 Å². The van der Waals surface area contributed by atoms with E-state index in [0.717, 1.165) is 11.3 Å². The van der Waals surface area contributed by atoms with Crippen LogP contribution in [0.5, 0.6) is 11.5 Å². The predicted octanol–water partition coefficient (Wildman–Crippen LogP) is 4.89. The van der Waals surface area contributed by atoms with Crippen LogP contribution in [0, 0.1) is 5.92 Å². The molecule has 1 amide bonds. The average Bonchev–Trinajstić information content (AvgIpc) is 2.61. The Bertz CT molecular complexity index is 792. The number of rotatable bonds is 4. The summed E-state index contributed by atoms with van der Waals surface area (Å²) in [7, 11) is 0. The Balaban J connectivity index is 1.84. The fourth-order valence-corrected chi connectivity index (χ4v) is 3.05. The van der Waals surface area contributed by atoms with Crippen molar-refractivity contribution in [3.8, 4) is 11.5 Å². The van der Waals surface area contributed by atoms with Crippen LogP contribution in [-0.4, -0.2) is 19.1 Å². The minimum atomic E-state index is -0.202. The molecule has 0 saturated carbocycles. The van der Waals surface area contributed by atoms with Crippen molar-refractivity contribution in [3.05, 3.63) is 57.6 Å². The van der Waals surface area contributed by atoms with Gasteiger partial charge < -0.3 is 14.8 Å². The van der Waals surface area contributed by atoms with Crippen LogP contribution < -0.4 is 14.8 Å². The minimum Gasteiger partial charge on any atom is -0.486 e. The molecule has 2 aromatic carbocycles. The van der Waals surface area contributed by atoms with Gasteiger partial charge in [-0.05, 0) is 41.8 Å². The van der Waals surface area contributed by atoms with Crippen molar-refractivity contribution in [2.45, 2.75) is 19.9 Å². The first-order valence-corrected chi connectivity index (χ1v) is 8.87. The summed E-state index contributed by atoms with van der Waals surface area (Å²) in [6, 6.07) is 10.4. The molecule has 0 saturated heterocycles. The lowest BCUT2D eigenvalue weighted by Gasteiger charge is -2.25. The highest BCUT2D eigenvalue weighted by atomic mass is 35.5. The molecule has 3 rings (SSSR count). The molecule has 0 aromatic heterocycles. The Morgan fingerprint density at radius 2 is 1.72 bits per heavy atom. The number of hydrogen-bond acceptors (Lipinski definition) is 3. The standard InChI is InChI=1S/C19H19Cl2NO3/c1-11(2)18(12-4-6-16-17(10-12)25-8-7-24-16)22-19(23)13-3-5-14(20)15(21)9-13/h3-6,9-11,18H,7-8H2,1-2H3,(H,22,23)/t18-/m0/s1. The first kappa shape index (κ1) is 17.9. The van der Waals surface area contributed by atoms with Crippen molar-refractivity contribution in [3.63, 3.8) is 0 Å². The number of amides is 1. The van der Waals surface area contributed by atoms with Gasteiger partial charge in [-0.1, -0.05) is 43.1 Å². The van der Waals surface area contributed by atoms with Crippen LogP contribution in [-0.2, 0) is 0 Å². The van der Waals surface area contributed by atoms with Gasteiger partial charge in [0.2, 0.25) is 0 Å². The van der Waals surface area contributed by atoms with Gasteiger partial charge in [0.15, 0.2) is 11.5 Å². The zero-order chi connectivity index (χ0) is 18.0. The average molecular weight is 380 g/mol. The summed E-state index contributed by atoms with van der Waals surface area (Å²) in [6.45, 7) is 5.18. The van der Waals surface area contributed by atoms with E-state index in [2.05, 4.69) is 19.2 Å². The van der Waals surface area contributed by atoms with Gasteiger partial charge in [0.05, 0.1) is 16.1 Å². The second-order valence-corrected chi connectivity index (χ2v) is 7.04. The first-order valence-electron chi connectivity index (χ1n) is 8.11. The monoisotopic (exact) mass is 379 g/mol. The van der Waals surface area contributed by atoms with Crippen LogP contribution >= 0.6 is 23.2 Å². The van der Waals surface area contributed by atoms with Gasteiger partial charge >= 0.3 is 0 Å². The van der Waals surface area contributed by atoms with Gasteiger partial charge in [-0.3, -0.25) is 4.79 Å². The highest BCUT2D eigenvalue weighted by molar-refractivity contribution is 6.42. The molecule has 0 aliphatic carbocycles. The third-order valence-corrected chi connectivity index (χ3v) is 4.80. The predicted molar refractivity (Wildman–Crippen MR) is 98.9 cm³/mol. The minimum absolute atomic E-state index is 0.169. The SMILES string of the molecule is CC(C)[C@H](NC(=O)c1ccc(Cl)c(Cl)c1)c1ccc2c(c1)OCCO2. The molecule has 0 unspecified atom stereocenters. The molecule has 0 bridgehead atoms. The number of fused-ring (bicyclic) bond motifs is 1. The molecule has 132 valence electrons. The molecule has 1 N–H and O–H groups in total. The Kier molecular flexibility index (Phi) is 5.40. The summed E-state index contributed by atoms with van der Waals surface area (Å²) in [5.74, 6) is 1.42. The number of benzene rings is 2. The van der Waals surface area contributed by atoms with E-state index >= 15 is 0 Å². The molecule has 0 fully saturated rings. The summed E-state index contributed by atoms with van der Waals surface area (Å²) in [5, 5.41) is 3.84. The maximum Gasteiger partial charge on any atom is 0.251 e. The maximum atomic E-state index is 12.6. The van der Waals surface area contributed by atoms with Crippen LogP contribution in [0.3, 0.4) is 0 Å². The second kappa shape index (κ2) is 7.54. The van der Waals surface area contributed by atoms with Gasteiger partial charge in [-0.15, -0.1) is 0 Å². The fourth-order valence-electron chi connectivity index (χ4n) is 2.75. The van der Waals surface area contributed by atoms with E-state index in [1.54, 1.807) is 18.2 Å². The molecular weight excluding hydrogens is 361 g/mol. The van der Waals surface area contributed by atoms with Crippen molar-refractivity contribution >= 4 is 29.1 Å². The number of nitrogens with one attached hydrogen (secondary N) is 1. The highest BCUT2D eigenvalue weighted by Gasteiger charge is 2.22. The molecule has 2 aromatic rings. The second-order valence-electron chi connectivity index (χ2n) is 6.23. The van der Waals surface area contributed by atoms with Crippen molar-refractivity contribution in [2.24, 2.45) is 5.92 Å². The molecule has 25 heavy (non-hydrogen) atoms. The zero-order valence-electron chi connectivity index (χ0n) is 14.0. The molecule has 0 spiro atoms. The van der Waals surface area contributed by atoms with Crippen molar-refractivity contribution in [1.82, 2.24) is 5.32 Å². The number of halogens is 2. The largest absolute Gasteiger partial charge is 0.486 e. The quantitative estimate of drug-likeness (QED) is 0.822. The van der Waals surface area contributed by atoms with E-state index in [1.807, 2.05) is 18.2 Å². The smallest absolute Gasteiger partial charge is 0.251 e. The molecule has 0 radical (unpaired) electrons. The van der Waals surface area contributed by atoms with E-state index in [-0.39, 0.29) is 17.9 Å². The van der Waals surface area contributed by atoms with Crippen molar-refractivity contribution < 1.29 is 14.3 Å². The van der Waals surface area contributed by atoms with Crippen LogP contribution in [0.25, 0.3) is 0 Å². The number of hydrogen-bond donors (Lipinski definition) is 1. The lowest BCUT2D eigenvalue weighted by atomic mass is 9.95. The van der Waals surface area contributed by atoms with Gasteiger partial charge in [0.1, 0.15) is 13.2 Å². The summed E-state index contributed by atoms with van der Waals surface area (Å²) >= 11 is 11.9. The molecular formula is C19H19Cl2NO3. The van der Waals surface area contributed by atoms with Gasteiger partial charge in [-0.25, -0.2) is 0 Å². The lowest BCUT2D eigenvalue weighted by Crippen LogP contribution is -2.32. The Labute approximate surface area is 157 Å². The van der Waals surface area contributed by atoms with Gasteiger partial charge in [0.25, 0.3) is 5.91 Å². The zero-order valence-corrected chi connectivity index (χ0v) is 15.5. The molecule has 1 atom stereocenters. The summed E-state index contributed by atoms with van der Waals surface area (Å²) in [6.07, 6.45) is 0. The van der Waals surface area contributed by atoms with Crippen molar-refractivity contribution in [2.75, 3.05) is 13.2 Å². The Morgan fingerprint density at radius 3 is 2.40 bits per heavy atom. The first-order chi connectivity index (χ1) is 12.0. The van der Waals surface area contributed by atoms with Crippen LogP contribution in [0.1, 0.15) is 35.8 Å². The number of carbonyl (C=O) groups is 1. The Morgan fingerprint density at radius 1 is 1.00 bits per heavy atom. The summed E-state index contributed by atoms with van der Waals surface area (Å²) in [5.41, 5.74) is 1.44. The fraction of sp³-hybridized carbons (Fsp3) is 0.316.